The second kappa shape index (κ2) is 5.48. The van der Waals surface area contributed by atoms with Crippen molar-refractivity contribution in [1.29, 1.82) is 0 Å². The first-order valence-corrected chi connectivity index (χ1v) is 6.75. The molecule has 4 heteroatoms. The molecule has 0 radical (unpaired) electrons. The van der Waals surface area contributed by atoms with Gasteiger partial charge in [-0.2, -0.15) is 0 Å². The molecule has 0 saturated carbocycles. The van der Waals surface area contributed by atoms with Crippen LogP contribution in [0.15, 0.2) is 18.2 Å². The minimum atomic E-state index is -0.277. The van der Waals surface area contributed by atoms with E-state index in [9.17, 15) is 4.39 Å². The van der Waals surface area contributed by atoms with Crippen LogP contribution in [0.4, 0.5) is 4.39 Å². The number of piperidine rings is 1. The van der Waals surface area contributed by atoms with Crippen molar-refractivity contribution >= 4 is 27.5 Å². The fraction of sp³-hybridized carbons (Fsp3) is 0.500. The molecular formula is C12H14BrClFN. The summed E-state index contributed by atoms with van der Waals surface area (Å²) in [7, 11) is 0. The molecule has 1 fully saturated rings. The molecule has 0 N–H and O–H groups in total. The zero-order valence-corrected chi connectivity index (χ0v) is 11.3. The zero-order chi connectivity index (χ0) is 11.5. The molecule has 2 rings (SSSR count). The normalized spacial score (nSPS) is 22.3. The highest BCUT2D eigenvalue weighted by atomic mass is 79.9. The predicted molar refractivity (Wildman–Crippen MR) is 68.6 cm³/mol. The first-order chi connectivity index (χ1) is 7.66. The van der Waals surface area contributed by atoms with Gasteiger partial charge in [-0.1, -0.05) is 39.7 Å². The topological polar surface area (TPSA) is 3.24 Å². The Morgan fingerprint density at radius 3 is 3.06 bits per heavy atom. The number of nitrogens with zero attached hydrogens (tertiary/aromatic N) is 1. The summed E-state index contributed by atoms with van der Waals surface area (Å²) in [5, 5.41) is 0.213. The fourth-order valence-electron chi connectivity index (χ4n) is 2.05. The van der Waals surface area contributed by atoms with Crippen LogP contribution in [0, 0.1) is 5.82 Å². The third-order valence-electron chi connectivity index (χ3n) is 2.87. The number of alkyl halides is 1. The predicted octanol–water partition coefficient (Wildman–Crippen LogP) is 3.84. The summed E-state index contributed by atoms with van der Waals surface area (Å²) in [6.07, 6.45) is 2.37. The van der Waals surface area contributed by atoms with Gasteiger partial charge < -0.3 is 0 Å². The number of hydrogen-bond acceptors (Lipinski definition) is 1. The molecule has 1 atom stereocenters. The van der Waals surface area contributed by atoms with E-state index < -0.39 is 0 Å². The smallest absolute Gasteiger partial charge is 0.146 e. The summed E-state index contributed by atoms with van der Waals surface area (Å²) in [5.74, 6) is -0.277. The van der Waals surface area contributed by atoms with Crippen LogP contribution >= 0.6 is 27.5 Å². The SMILES string of the molecule is Fc1c(Cl)cccc1CN1CCCC(Br)C1. The highest BCUT2D eigenvalue weighted by Gasteiger charge is 2.18. The number of benzene rings is 1. The van der Waals surface area contributed by atoms with Gasteiger partial charge in [-0.15, -0.1) is 0 Å². The quantitative estimate of drug-likeness (QED) is 0.751. The molecule has 0 amide bonds. The van der Waals surface area contributed by atoms with Crippen molar-refractivity contribution < 1.29 is 4.39 Å². The molecule has 1 nitrogen and oxygen atoms in total. The Kier molecular flexibility index (Phi) is 4.22. The van der Waals surface area contributed by atoms with Crippen LogP contribution in [0.5, 0.6) is 0 Å². The summed E-state index contributed by atoms with van der Waals surface area (Å²) < 4.78 is 13.7. The molecule has 0 aliphatic carbocycles. The van der Waals surface area contributed by atoms with Gasteiger partial charge in [0, 0.05) is 23.5 Å². The molecular weight excluding hydrogens is 292 g/mol. The van der Waals surface area contributed by atoms with Crippen LogP contribution in [-0.2, 0) is 6.54 Å². The monoisotopic (exact) mass is 305 g/mol. The van der Waals surface area contributed by atoms with E-state index in [1.165, 1.54) is 6.42 Å². The third kappa shape index (κ3) is 2.96. The average Bonchev–Trinajstić information content (AvgIpc) is 2.25. The second-order valence-corrected chi connectivity index (χ2v) is 5.89. The van der Waals surface area contributed by atoms with Crippen LogP contribution in [-0.4, -0.2) is 22.8 Å². The molecule has 1 aromatic carbocycles. The number of rotatable bonds is 2. The second-order valence-electron chi connectivity index (χ2n) is 4.19. The molecule has 1 aliphatic heterocycles. The maximum atomic E-state index is 13.7. The van der Waals surface area contributed by atoms with Crippen LogP contribution in [0.25, 0.3) is 0 Å². The Morgan fingerprint density at radius 2 is 2.31 bits per heavy atom. The van der Waals surface area contributed by atoms with Crippen molar-refractivity contribution in [2.75, 3.05) is 13.1 Å². The first kappa shape index (κ1) is 12.3. The van der Waals surface area contributed by atoms with Gasteiger partial charge in [-0.05, 0) is 25.5 Å². The molecule has 1 aromatic rings. The fourth-order valence-corrected chi connectivity index (χ4v) is 2.98. The van der Waals surface area contributed by atoms with Crippen molar-refractivity contribution in [2.45, 2.75) is 24.2 Å². The average molecular weight is 307 g/mol. The van der Waals surface area contributed by atoms with E-state index >= 15 is 0 Å². The molecule has 0 aromatic heterocycles. The van der Waals surface area contributed by atoms with Gasteiger partial charge in [-0.3, -0.25) is 4.90 Å². The van der Waals surface area contributed by atoms with Gasteiger partial charge in [0.25, 0.3) is 0 Å². The summed E-state index contributed by atoms with van der Waals surface area (Å²) >= 11 is 9.37. The third-order valence-corrected chi connectivity index (χ3v) is 3.91. The van der Waals surface area contributed by atoms with Gasteiger partial charge in [0.1, 0.15) is 5.82 Å². The summed E-state index contributed by atoms with van der Waals surface area (Å²) in [5.41, 5.74) is 0.689. The maximum absolute atomic E-state index is 13.7. The van der Waals surface area contributed by atoms with Crippen LogP contribution in [0.1, 0.15) is 18.4 Å². The van der Waals surface area contributed by atoms with Crippen molar-refractivity contribution in [3.63, 3.8) is 0 Å². The van der Waals surface area contributed by atoms with Crippen molar-refractivity contribution in [3.05, 3.63) is 34.6 Å². The molecule has 0 spiro atoms. The van der Waals surface area contributed by atoms with Gasteiger partial charge in [-0.25, -0.2) is 4.39 Å². The summed E-state index contributed by atoms with van der Waals surface area (Å²) in [4.78, 5) is 2.79. The Hall–Kier alpha value is -0.120. The molecule has 1 saturated heterocycles. The van der Waals surface area contributed by atoms with Gasteiger partial charge in [0.15, 0.2) is 0 Å². The van der Waals surface area contributed by atoms with E-state index in [-0.39, 0.29) is 10.8 Å². The van der Waals surface area contributed by atoms with Crippen LogP contribution < -0.4 is 0 Å². The van der Waals surface area contributed by atoms with E-state index in [4.69, 9.17) is 11.6 Å². The number of likely N-dealkylation sites (tertiary alicyclic amines) is 1. The Balaban J connectivity index is 2.05. The highest BCUT2D eigenvalue weighted by molar-refractivity contribution is 9.09. The lowest BCUT2D eigenvalue weighted by Crippen LogP contribution is -2.35. The van der Waals surface area contributed by atoms with Crippen LogP contribution in [0.2, 0.25) is 5.02 Å². The first-order valence-electron chi connectivity index (χ1n) is 5.46. The molecule has 88 valence electrons. The van der Waals surface area contributed by atoms with Gasteiger partial charge in [0.2, 0.25) is 0 Å². The lowest BCUT2D eigenvalue weighted by Gasteiger charge is -2.30. The largest absolute Gasteiger partial charge is 0.298 e. The zero-order valence-electron chi connectivity index (χ0n) is 8.93. The highest BCUT2D eigenvalue weighted by Crippen LogP contribution is 2.22. The molecule has 1 heterocycles. The lowest BCUT2D eigenvalue weighted by atomic mass is 10.1. The van der Waals surface area contributed by atoms with E-state index in [2.05, 4.69) is 20.8 Å². The van der Waals surface area contributed by atoms with E-state index in [1.807, 2.05) is 0 Å². The molecule has 1 unspecified atom stereocenters. The van der Waals surface area contributed by atoms with Crippen LogP contribution in [0.3, 0.4) is 0 Å². The van der Waals surface area contributed by atoms with Crippen molar-refractivity contribution in [3.8, 4) is 0 Å². The van der Waals surface area contributed by atoms with E-state index in [0.717, 1.165) is 19.5 Å². The standard InChI is InChI=1S/C12H14BrClFN/c13-10-4-2-6-16(8-10)7-9-3-1-5-11(14)12(9)15/h1,3,5,10H,2,4,6-8H2. The molecule has 16 heavy (non-hydrogen) atoms. The Bertz CT molecular complexity index is 372. The number of hydrogen-bond donors (Lipinski definition) is 0. The lowest BCUT2D eigenvalue weighted by molar-refractivity contribution is 0.225. The summed E-state index contributed by atoms with van der Waals surface area (Å²) in [6.45, 7) is 2.66. The minimum Gasteiger partial charge on any atom is -0.298 e. The van der Waals surface area contributed by atoms with E-state index in [1.54, 1.807) is 18.2 Å². The molecule has 1 aliphatic rings. The maximum Gasteiger partial charge on any atom is 0.146 e. The molecule has 0 bridgehead atoms. The summed E-state index contributed by atoms with van der Waals surface area (Å²) in [6, 6.07) is 5.19. The van der Waals surface area contributed by atoms with Crippen molar-refractivity contribution in [1.82, 2.24) is 4.90 Å². The minimum absolute atomic E-state index is 0.213. The number of halogens is 3. The van der Waals surface area contributed by atoms with Gasteiger partial charge >= 0.3 is 0 Å². The Morgan fingerprint density at radius 1 is 1.50 bits per heavy atom. The van der Waals surface area contributed by atoms with Gasteiger partial charge in [0.05, 0.1) is 5.02 Å². The Labute approximate surface area is 109 Å². The van der Waals surface area contributed by atoms with Crippen molar-refractivity contribution in [2.24, 2.45) is 0 Å². The van der Waals surface area contributed by atoms with E-state index in [0.29, 0.717) is 16.9 Å².